The molecule has 1 amide bonds. The van der Waals surface area contributed by atoms with Gasteiger partial charge in [0.15, 0.2) is 0 Å². The van der Waals surface area contributed by atoms with E-state index in [-0.39, 0.29) is 5.91 Å². The van der Waals surface area contributed by atoms with E-state index in [1.54, 1.807) is 7.11 Å². The largest absolute Gasteiger partial charge is 0.383 e. The predicted molar refractivity (Wildman–Crippen MR) is 94.3 cm³/mol. The number of amides is 1. The highest BCUT2D eigenvalue weighted by molar-refractivity contribution is 5.95. The zero-order chi connectivity index (χ0) is 17.1. The van der Waals surface area contributed by atoms with Crippen LogP contribution in [0.4, 0.5) is 0 Å². The molecule has 0 aliphatic carbocycles. The lowest BCUT2D eigenvalue weighted by atomic mass is 9.99. The lowest BCUT2D eigenvalue weighted by molar-refractivity contribution is 0.0926. The molecule has 2 heterocycles. The smallest absolute Gasteiger partial charge is 0.287 e. The van der Waals surface area contributed by atoms with Gasteiger partial charge in [0.1, 0.15) is 0 Å². The SMILES string of the molecule is COCCNC(=O)c1nc(-c2c(C)cccc2C)c2ccccn12. The standard InChI is InChI=1S/C19H21N3O2/c1-13-7-6-8-14(2)16(13)17-15-9-4-5-11-22(15)18(21-17)19(23)20-10-12-24-3/h4-9,11H,10,12H2,1-3H3,(H,20,23). The number of imidazole rings is 1. The number of ether oxygens (including phenoxy) is 1. The highest BCUT2D eigenvalue weighted by atomic mass is 16.5. The van der Waals surface area contributed by atoms with Gasteiger partial charge in [0.05, 0.1) is 17.8 Å². The second kappa shape index (κ2) is 6.84. The number of aromatic nitrogens is 2. The Balaban J connectivity index is 2.12. The third kappa shape index (κ3) is 2.90. The van der Waals surface area contributed by atoms with Crippen molar-refractivity contribution < 1.29 is 9.53 Å². The lowest BCUT2D eigenvalue weighted by Crippen LogP contribution is -2.28. The molecule has 2 aromatic heterocycles. The molecule has 3 aromatic rings. The molecule has 0 saturated carbocycles. The molecule has 0 atom stereocenters. The summed E-state index contributed by atoms with van der Waals surface area (Å²) in [7, 11) is 1.61. The molecule has 0 aliphatic rings. The average Bonchev–Trinajstić information content (AvgIpc) is 2.95. The van der Waals surface area contributed by atoms with Crippen molar-refractivity contribution in [1.82, 2.24) is 14.7 Å². The summed E-state index contributed by atoms with van der Waals surface area (Å²) < 4.78 is 6.82. The fourth-order valence-electron chi connectivity index (χ4n) is 2.92. The number of nitrogens with one attached hydrogen (secondary N) is 1. The van der Waals surface area contributed by atoms with Crippen molar-refractivity contribution in [1.29, 1.82) is 0 Å². The van der Waals surface area contributed by atoms with E-state index in [0.717, 1.165) is 27.9 Å². The van der Waals surface area contributed by atoms with Gasteiger partial charge in [-0.3, -0.25) is 9.20 Å². The molecule has 0 fully saturated rings. The maximum atomic E-state index is 12.5. The first-order chi connectivity index (χ1) is 11.6. The summed E-state index contributed by atoms with van der Waals surface area (Å²) in [6.07, 6.45) is 1.87. The van der Waals surface area contributed by atoms with Crippen LogP contribution in [0.3, 0.4) is 0 Å². The third-order valence-corrected chi connectivity index (χ3v) is 4.06. The molecular weight excluding hydrogens is 302 g/mol. The molecule has 0 aliphatic heterocycles. The van der Waals surface area contributed by atoms with Crippen molar-refractivity contribution in [2.24, 2.45) is 0 Å². The fourth-order valence-corrected chi connectivity index (χ4v) is 2.92. The van der Waals surface area contributed by atoms with E-state index in [0.29, 0.717) is 19.0 Å². The van der Waals surface area contributed by atoms with Crippen molar-refractivity contribution in [3.63, 3.8) is 0 Å². The van der Waals surface area contributed by atoms with Gasteiger partial charge in [0.25, 0.3) is 5.91 Å². The van der Waals surface area contributed by atoms with Crippen LogP contribution in [-0.4, -0.2) is 35.6 Å². The van der Waals surface area contributed by atoms with Crippen molar-refractivity contribution in [2.45, 2.75) is 13.8 Å². The number of nitrogens with zero attached hydrogens (tertiary/aromatic N) is 2. The van der Waals surface area contributed by atoms with Crippen LogP contribution in [0.1, 0.15) is 21.7 Å². The summed E-state index contributed by atoms with van der Waals surface area (Å²) in [5, 5.41) is 2.84. The molecule has 0 unspecified atom stereocenters. The maximum absolute atomic E-state index is 12.5. The Morgan fingerprint density at radius 2 is 1.92 bits per heavy atom. The summed E-state index contributed by atoms with van der Waals surface area (Å²) in [5.41, 5.74) is 5.13. The summed E-state index contributed by atoms with van der Waals surface area (Å²) >= 11 is 0. The molecule has 24 heavy (non-hydrogen) atoms. The number of carbonyl (C=O) groups excluding carboxylic acids is 1. The number of methoxy groups -OCH3 is 1. The van der Waals surface area contributed by atoms with E-state index in [1.165, 1.54) is 0 Å². The summed E-state index contributed by atoms with van der Waals surface area (Å²) in [6.45, 7) is 5.05. The summed E-state index contributed by atoms with van der Waals surface area (Å²) in [6, 6.07) is 12.0. The fraction of sp³-hybridized carbons (Fsp3) is 0.263. The molecule has 0 saturated heterocycles. The number of aryl methyl sites for hydroxylation is 2. The molecule has 0 spiro atoms. The van der Waals surface area contributed by atoms with Gasteiger partial charge in [-0.25, -0.2) is 4.98 Å². The zero-order valence-corrected chi connectivity index (χ0v) is 14.2. The summed E-state index contributed by atoms with van der Waals surface area (Å²) in [4.78, 5) is 17.2. The van der Waals surface area contributed by atoms with Crippen molar-refractivity contribution in [3.8, 4) is 11.3 Å². The third-order valence-electron chi connectivity index (χ3n) is 4.06. The minimum absolute atomic E-state index is 0.203. The number of benzene rings is 1. The molecule has 1 aromatic carbocycles. The van der Waals surface area contributed by atoms with Crippen LogP contribution in [-0.2, 0) is 4.74 Å². The number of carbonyl (C=O) groups is 1. The van der Waals surface area contributed by atoms with Gasteiger partial charge < -0.3 is 10.1 Å². The van der Waals surface area contributed by atoms with Gasteiger partial charge in [-0.2, -0.15) is 0 Å². The zero-order valence-electron chi connectivity index (χ0n) is 14.2. The van der Waals surface area contributed by atoms with Gasteiger partial charge in [-0.1, -0.05) is 24.3 Å². The van der Waals surface area contributed by atoms with Crippen LogP contribution in [0.15, 0.2) is 42.6 Å². The first kappa shape index (κ1) is 16.2. The second-order valence-electron chi connectivity index (χ2n) is 5.76. The van der Waals surface area contributed by atoms with E-state index >= 15 is 0 Å². The van der Waals surface area contributed by atoms with E-state index in [1.807, 2.05) is 34.9 Å². The maximum Gasteiger partial charge on any atom is 0.287 e. The first-order valence-corrected chi connectivity index (χ1v) is 7.94. The van der Waals surface area contributed by atoms with Crippen LogP contribution in [0.2, 0.25) is 0 Å². The lowest BCUT2D eigenvalue weighted by Gasteiger charge is -2.07. The number of hydrogen-bond donors (Lipinski definition) is 1. The molecule has 3 rings (SSSR count). The normalized spacial score (nSPS) is 11.0. The molecular formula is C19H21N3O2. The number of fused-ring (bicyclic) bond motifs is 1. The number of rotatable bonds is 5. The van der Waals surface area contributed by atoms with E-state index < -0.39 is 0 Å². The second-order valence-corrected chi connectivity index (χ2v) is 5.76. The van der Waals surface area contributed by atoms with Crippen molar-refractivity contribution in [2.75, 3.05) is 20.3 Å². The van der Waals surface area contributed by atoms with Crippen molar-refractivity contribution >= 4 is 11.4 Å². The average molecular weight is 323 g/mol. The quantitative estimate of drug-likeness (QED) is 0.734. The molecule has 5 nitrogen and oxygen atoms in total. The van der Waals surface area contributed by atoms with Gasteiger partial charge in [0, 0.05) is 25.4 Å². The highest BCUT2D eigenvalue weighted by Gasteiger charge is 2.19. The molecule has 0 radical (unpaired) electrons. The van der Waals surface area contributed by atoms with Crippen LogP contribution in [0.25, 0.3) is 16.8 Å². The van der Waals surface area contributed by atoms with Crippen LogP contribution < -0.4 is 5.32 Å². The van der Waals surface area contributed by atoms with Crippen molar-refractivity contribution in [3.05, 3.63) is 59.5 Å². The minimum atomic E-state index is -0.203. The topological polar surface area (TPSA) is 55.6 Å². The predicted octanol–water partition coefficient (Wildman–Crippen LogP) is 2.99. The number of hydrogen-bond acceptors (Lipinski definition) is 3. The van der Waals surface area contributed by atoms with Crippen LogP contribution in [0.5, 0.6) is 0 Å². The molecule has 1 N–H and O–H groups in total. The Bertz CT molecular complexity index is 863. The van der Waals surface area contributed by atoms with E-state index in [9.17, 15) is 4.79 Å². The Labute approximate surface area is 141 Å². The summed E-state index contributed by atoms with van der Waals surface area (Å²) in [5.74, 6) is 0.185. The van der Waals surface area contributed by atoms with Gasteiger partial charge in [0.2, 0.25) is 5.82 Å². The Morgan fingerprint density at radius 3 is 2.62 bits per heavy atom. The Morgan fingerprint density at radius 1 is 1.17 bits per heavy atom. The van der Waals surface area contributed by atoms with Gasteiger partial charge >= 0.3 is 0 Å². The molecule has 5 heteroatoms. The monoisotopic (exact) mass is 323 g/mol. The van der Waals surface area contributed by atoms with Gasteiger partial charge in [-0.15, -0.1) is 0 Å². The van der Waals surface area contributed by atoms with Crippen LogP contribution >= 0.6 is 0 Å². The molecule has 124 valence electrons. The van der Waals surface area contributed by atoms with E-state index in [4.69, 9.17) is 4.74 Å². The number of pyridine rings is 1. The van der Waals surface area contributed by atoms with Crippen LogP contribution in [0, 0.1) is 13.8 Å². The highest BCUT2D eigenvalue weighted by Crippen LogP contribution is 2.30. The van der Waals surface area contributed by atoms with Gasteiger partial charge in [-0.05, 0) is 37.1 Å². The first-order valence-electron chi connectivity index (χ1n) is 7.94. The minimum Gasteiger partial charge on any atom is -0.383 e. The van der Waals surface area contributed by atoms with E-state index in [2.05, 4.69) is 36.3 Å². The Kier molecular flexibility index (Phi) is 4.62. The molecule has 0 bridgehead atoms. The Hall–Kier alpha value is -2.66.